The van der Waals surface area contributed by atoms with Crippen molar-refractivity contribution in [3.8, 4) is 5.75 Å². The first kappa shape index (κ1) is 51.3. The van der Waals surface area contributed by atoms with Gasteiger partial charge in [0.05, 0.1) is 24.0 Å². The lowest BCUT2D eigenvalue weighted by Gasteiger charge is -2.21. The molecule has 0 radical (unpaired) electrons. The highest BCUT2D eigenvalue weighted by Gasteiger charge is 2.26. The molecule has 3 N–H and O–H groups in total. The Morgan fingerprint density at radius 3 is 1.84 bits per heavy atom. The first-order valence-electron chi connectivity index (χ1n) is 21.8. The topological polar surface area (TPSA) is 171 Å². The van der Waals surface area contributed by atoms with Crippen molar-refractivity contribution in [1.29, 1.82) is 0 Å². The number of fused-ring (bicyclic) bond motifs is 1. The smallest absolute Gasteiger partial charge is 0.472 e. The Hall–Kier alpha value is -2.89. The van der Waals surface area contributed by atoms with Crippen molar-refractivity contribution < 1.29 is 47.1 Å². The van der Waals surface area contributed by atoms with E-state index in [1.54, 1.807) is 0 Å². The molecule has 1 heterocycles. The largest absolute Gasteiger partial charge is 0.506 e. The van der Waals surface area contributed by atoms with Gasteiger partial charge >= 0.3 is 19.4 Å². The van der Waals surface area contributed by atoms with Gasteiger partial charge in [0.2, 0.25) is 0 Å². The highest BCUT2D eigenvalue weighted by atomic mass is 35.5. The lowest BCUT2D eigenvalue weighted by Crippen LogP contribution is -2.31. The number of benzene rings is 1. The second-order valence-electron chi connectivity index (χ2n) is 15.2. The van der Waals surface area contributed by atoms with Gasteiger partial charge in [-0.2, -0.15) is 0 Å². The summed E-state index contributed by atoms with van der Waals surface area (Å²) in [6.45, 7) is 7.21. The molecule has 0 aliphatic rings. The number of carbonyl (C=O) groups excluding carboxylic acids is 2. The van der Waals surface area contributed by atoms with Gasteiger partial charge in [-0.3, -0.25) is 18.6 Å². The van der Waals surface area contributed by atoms with Gasteiger partial charge in [0.25, 0.3) is 5.91 Å². The molecule has 12 nitrogen and oxygen atoms in total. The van der Waals surface area contributed by atoms with Gasteiger partial charge in [-0.25, -0.2) is 9.36 Å². The van der Waals surface area contributed by atoms with Crippen LogP contribution in [0.15, 0.2) is 39.7 Å². The minimum Gasteiger partial charge on any atom is -0.506 e. The third-order valence-corrected chi connectivity index (χ3v) is 11.2. The number of hydrogen-bond donors (Lipinski definition) is 3. The van der Waals surface area contributed by atoms with E-state index in [1.807, 2.05) is 0 Å². The molecule has 1 aromatic carbocycles. The fraction of sp³-hybridized carbons (Fsp3) is 0.705. The predicted octanol–water partition coefficient (Wildman–Crippen LogP) is 11.9. The fourth-order valence-electron chi connectivity index (χ4n) is 6.49. The van der Waals surface area contributed by atoms with Crippen LogP contribution in [0, 0.1) is 0 Å². The van der Waals surface area contributed by atoms with Crippen molar-refractivity contribution in [3.05, 3.63) is 51.5 Å². The summed E-state index contributed by atoms with van der Waals surface area (Å²) in [5.41, 5.74) is -1.24. The number of amides is 1. The summed E-state index contributed by atoms with van der Waals surface area (Å²) < 4.78 is 39.5. The number of phosphoric ester groups is 1. The van der Waals surface area contributed by atoms with Crippen LogP contribution in [0.2, 0.25) is 5.02 Å². The van der Waals surface area contributed by atoms with Crippen molar-refractivity contribution in [2.75, 3.05) is 26.4 Å². The molecule has 1 aromatic heterocycles. The minimum absolute atomic E-state index is 0.0113. The van der Waals surface area contributed by atoms with Crippen molar-refractivity contribution in [3.63, 3.8) is 0 Å². The molecule has 2 unspecified atom stereocenters. The molecular weight excluding hydrogens is 785 g/mol. The standard InChI is InChI=1S/C44H71ClNO11P/c1-4-6-8-10-12-14-16-18-20-22-24-26-35(3)53-33-37(56-42(48)27-25-23-21-19-17-15-13-11-9-7-5-2)34-55-58(51,52)54-29-28-46-43(49)38-30-36-31-39(45)40(47)32-41(36)57-44(38)50/h30-32,37,47H,3-29,33-34H2,1-2H3,(H,46,49)(H,51,52). The number of allylic oxidation sites excluding steroid dienone is 1. The highest BCUT2D eigenvalue weighted by molar-refractivity contribution is 7.47. The van der Waals surface area contributed by atoms with E-state index in [-0.39, 0.29) is 41.5 Å². The number of nitrogens with one attached hydrogen (secondary N) is 1. The Balaban J connectivity index is 1.78. The van der Waals surface area contributed by atoms with Crippen molar-refractivity contribution in [2.45, 2.75) is 174 Å². The maximum absolute atomic E-state index is 12.8. The number of phenolic OH excluding ortho intramolecular Hbond substituents is 1. The Morgan fingerprint density at radius 1 is 0.776 bits per heavy atom. The van der Waals surface area contributed by atoms with Crippen LogP contribution in [0.5, 0.6) is 5.75 Å². The van der Waals surface area contributed by atoms with Crippen molar-refractivity contribution in [2.24, 2.45) is 0 Å². The number of ether oxygens (including phenoxy) is 2. The predicted molar refractivity (Wildman–Crippen MR) is 230 cm³/mol. The number of hydrogen-bond acceptors (Lipinski definition) is 10. The quantitative estimate of drug-likeness (QED) is 0.0196. The van der Waals surface area contributed by atoms with E-state index in [0.29, 0.717) is 24.0 Å². The number of halogens is 1. The highest BCUT2D eigenvalue weighted by Crippen LogP contribution is 2.43. The summed E-state index contributed by atoms with van der Waals surface area (Å²) >= 11 is 5.93. The van der Waals surface area contributed by atoms with E-state index in [2.05, 4.69) is 25.7 Å². The molecule has 58 heavy (non-hydrogen) atoms. The average molecular weight is 856 g/mol. The number of rotatable bonds is 36. The van der Waals surface area contributed by atoms with E-state index >= 15 is 0 Å². The fourth-order valence-corrected chi connectivity index (χ4v) is 7.41. The van der Waals surface area contributed by atoms with Gasteiger partial charge in [0, 0.05) is 30.8 Å². The molecular formula is C44H71ClNO11P. The Labute approximate surface area is 351 Å². The third kappa shape index (κ3) is 23.6. The molecule has 0 bridgehead atoms. The van der Waals surface area contributed by atoms with E-state index in [1.165, 1.54) is 115 Å². The normalized spacial score (nSPS) is 13.0. The molecule has 0 saturated carbocycles. The van der Waals surface area contributed by atoms with Crippen LogP contribution in [0.25, 0.3) is 11.0 Å². The van der Waals surface area contributed by atoms with Gasteiger partial charge in [-0.05, 0) is 25.0 Å². The lowest BCUT2D eigenvalue weighted by molar-refractivity contribution is -0.153. The summed E-state index contributed by atoms with van der Waals surface area (Å²) in [4.78, 5) is 48.1. The van der Waals surface area contributed by atoms with Gasteiger partial charge < -0.3 is 29.2 Å². The molecule has 0 spiro atoms. The summed E-state index contributed by atoms with van der Waals surface area (Å²) in [6.07, 6.45) is 26.1. The first-order valence-corrected chi connectivity index (χ1v) is 23.7. The summed E-state index contributed by atoms with van der Waals surface area (Å²) in [5.74, 6) is -0.993. The number of carbonyl (C=O) groups is 2. The molecule has 1 amide bonds. The Bertz CT molecular complexity index is 1580. The van der Waals surface area contributed by atoms with Crippen molar-refractivity contribution in [1.82, 2.24) is 5.32 Å². The zero-order chi connectivity index (χ0) is 42.4. The second-order valence-corrected chi connectivity index (χ2v) is 17.0. The Kier molecular flexibility index (Phi) is 27.4. The van der Waals surface area contributed by atoms with Crippen LogP contribution in [0.1, 0.15) is 178 Å². The molecule has 0 saturated heterocycles. The Morgan fingerprint density at radius 2 is 1.29 bits per heavy atom. The van der Waals surface area contributed by atoms with E-state index < -0.39 is 44.6 Å². The maximum Gasteiger partial charge on any atom is 0.472 e. The van der Waals surface area contributed by atoms with E-state index in [0.717, 1.165) is 38.5 Å². The number of phosphoric acid groups is 1. The van der Waals surface area contributed by atoms with Crippen LogP contribution in [-0.2, 0) is 27.9 Å². The van der Waals surface area contributed by atoms with Crippen LogP contribution in [0.4, 0.5) is 0 Å². The van der Waals surface area contributed by atoms with E-state index in [9.17, 15) is 28.9 Å². The first-order chi connectivity index (χ1) is 28.0. The van der Waals surface area contributed by atoms with Crippen LogP contribution >= 0.6 is 19.4 Å². The zero-order valence-corrected chi connectivity index (χ0v) is 36.9. The molecule has 14 heteroatoms. The van der Waals surface area contributed by atoms with E-state index in [4.69, 9.17) is 34.5 Å². The number of aromatic hydroxyl groups is 1. The molecule has 330 valence electrons. The third-order valence-electron chi connectivity index (χ3n) is 9.93. The molecule has 2 atom stereocenters. The summed E-state index contributed by atoms with van der Waals surface area (Å²) in [7, 11) is -4.65. The SMILES string of the molecule is C=C(CCCCCCCCCCCCC)OCC(COP(=O)(O)OCCNC(=O)c1cc2cc(Cl)c(O)cc2oc1=O)OC(=O)CCCCCCCCCCCCC. The second kappa shape index (κ2) is 31.1. The summed E-state index contributed by atoms with van der Waals surface area (Å²) in [6, 6.07) is 3.77. The van der Waals surface area contributed by atoms with Crippen LogP contribution < -0.4 is 10.9 Å². The van der Waals surface area contributed by atoms with Gasteiger partial charge in [-0.15, -0.1) is 0 Å². The number of esters is 1. The molecule has 2 aromatic rings. The van der Waals surface area contributed by atoms with Crippen LogP contribution in [0.3, 0.4) is 0 Å². The van der Waals surface area contributed by atoms with Crippen molar-refractivity contribution >= 4 is 42.3 Å². The zero-order valence-electron chi connectivity index (χ0n) is 35.2. The molecule has 2 rings (SSSR count). The molecule has 0 aliphatic heterocycles. The molecule has 0 aliphatic carbocycles. The van der Waals surface area contributed by atoms with Crippen LogP contribution in [-0.4, -0.2) is 54.3 Å². The lowest BCUT2D eigenvalue weighted by atomic mass is 10.1. The number of unbranched alkanes of at least 4 members (excludes halogenated alkanes) is 20. The monoisotopic (exact) mass is 855 g/mol. The summed E-state index contributed by atoms with van der Waals surface area (Å²) in [5, 5.41) is 12.5. The maximum atomic E-state index is 12.8. The average Bonchev–Trinajstić information content (AvgIpc) is 3.19. The van der Waals surface area contributed by atoms with Gasteiger partial charge in [0.15, 0.2) is 6.10 Å². The minimum atomic E-state index is -4.65. The number of phenols is 1. The van der Waals surface area contributed by atoms with Gasteiger partial charge in [0.1, 0.15) is 23.5 Å². The van der Waals surface area contributed by atoms with Gasteiger partial charge in [-0.1, -0.05) is 160 Å². The molecule has 0 fully saturated rings.